The number of urea groups is 1. The van der Waals surface area contributed by atoms with Crippen molar-refractivity contribution in [1.29, 1.82) is 0 Å². The van der Waals surface area contributed by atoms with Crippen LogP contribution in [0.5, 0.6) is 0 Å². The zero-order chi connectivity index (χ0) is 15.5. The van der Waals surface area contributed by atoms with Gasteiger partial charge >= 0.3 is 12.0 Å². The number of nitrogens with zero attached hydrogens (tertiary/aromatic N) is 1. The third kappa shape index (κ3) is 3.87. The van der Waals surface area contributed by atoms with Crippen LogP contribution in [-0.2, 0) is 9.53 Å². The maximum Gasteiger partial charge on any atom is 0.317 e. The Hall–Kier alpha value is -1.30. The molecule has 2 aliphatic heterocycles. The molecule has 2 amide bonds. The maximum absolute atomic E-state index is 12.3. The number of aliphatic carboxylic acids is 1. The van der Waals surface area contributed by atoms with Crippen molar-refractivity contribution in [1.82, 2.24) is 10.2 Å². The standard InChI is InChI=1S/C15H26N2O4/c1-15(2,13(18)19)11-5-3-7-17(9-11)14(20)16-12-6-4-8-21-10-12/h11-12H,3-10H2,1-2H3,(H,16,20)(H,18,19). The minimum Gasteiger partial charge on any atom is -0.481 e. The molecule has 2 unspecified atom stereocenters. The van der Waals surface area contributed by atoms with Crippen LogP contribution in [0, 0.1) is 11.3 Å². The number of hydrogen-bond donors (Lipinski definition) is 2. The number of nitrogens with one attached hydrogen (secondary N) is 1. The summed E-state index contributed by atoms with van der Waals surface area (Å²) < 4.78 is 5.37. The van der Waals surface area contributed by atoms with Gasteiger partial charge in [-0.3, -0.25) is 4.79 Å². The number of likely N-dealkylation sites (tertiary alicyclic amines) is 1. The van der Waals surface area contributed by atoms with Crippen LogP contribution in [0.25, 0.3) is 0 Å². The van der Waals surface area contributed by atoms with E-state index in [4.69, 9.17) is 4.74 Å². The molecule has 0 saturated carbocycles. The zero-order valence-electron chi connectivity index (χ0n) is 12.9. The normalized spacial score (nSPS) is 27.2. The summed E-state index contributed by atoms with van der Waals surface area (Å²) in [5.41, 5.74) is -0.799. The van der Waals surface area contributed by atoms with Gasteiger partial charge < -0.3 is 20.1 Å². The predicted molar refractivity (Wildman–Crippen MR) is 78.1 cm³/mol. The van der Waals surface area contributed by atoms with Crippen LogP contribution in [0.3, 0.4) is 0 Å². The topological polar surface area (TPSA) is 78.9 Å². The Labute approximate surface area is 125 Å². The quantitative estimate of drug-likeness (QED) is 0.831. The van der Waals surface area contributed by atoms with Gasteiger partial charge in [0.15, 0.2) is 0 Å². The molecular formula is C15H26N2O4. The van der Waals surface area contributed by atoms with Gasteiger partial charge in [-0.2, -0.15) is 0 Å². The first-order chi connectivity index (χ1) is 9.91. The van der Waals surface area contributed by atoms with Crippen LogP contribution < -0.4 is 5.32 Å². The van der Waals surface area contributed by atoms with E-state index in [-0.39, 0.29) is 18.0 Å². The summed E-state index contributed by atoms with van der Waals surface area (Å²) in [5, 5.41) is 12.3. The highest BCUT2D eigenvalue weighted by Gasteiger charge is 2.40. The highest BCUT2D eigenvalue weighted by atomic mass is 16.5. The first kappa shape index (κ1) is 16.1. The third-order valence-corrected chi connectivity index (χ3v) is 4.77. The van der Waals surface area contributed by atoms with Crippen molar-refractivity contribution in [2.24, 2.45) is 11.3 Å². The average Bonchev–Trinajstić information content (AvgIpc) is 2.48. The lowest BCUT2D eigenvalue weighted by molar-refractivity contribution is -0.151. The van der Waals surface area contributed by atoms with Crippen molar-refractivity contribution in [2.45, 2.75) is 45.6 Å². The smallest absolute Gasteiger partial charge is 0.317 e. The van der Waals surface area contributed by atoms with Gasteiger partial charge in [-0.05, 0) is 45.4 Å². The number of carbonyl (C=O) groups excluding carboxylic acids is 1. The Morgan fingerprint density at radius 1 is 1.29 bits per heavy atom. The average molecular weight is 298 g/mol. The molecule has 0 spiro atoms. The molecule has 21 heavy (non-hydrogen) atoms. The van der Waals surface area contributed by atoms with E-state index >= 15 is 0 Å². The number of carboxylic acid groups (broad SMARTS) is 1. The SMILES string of the molecule is CC(C)(C(=O)O)C1CCCN(C(=O)NC2CCCOC2)C1. The van der Waals surface area contributed by atoms with Crippen LogP contribution in [0.1, 0.15) is 39.5 Å². The molecule has 6 heteroatoms. The number of amides is 2. The summed E-state index contributed by atoms with van der Waals surface area (Å²) in [7, 11) is 0. The minimum atomic E-state index is -0.799. The van der Waals surface area contributed by atoms with E-state index in [9.17, 15) is 14.7 Å². The summed E-state index contributed by atoms with van der Waals surface area (Å²) in [6, 6.07) is -0.00417. The summed E-state index contributed by atoms with van der Waals surface area (Å²) in [6.07, 6.45) is 3.63. The van der Waals surface area contributed by atoms with Crippen molar-refractivity contribution in [3.05, 3.63) is 0 Å². The first-order valence-electron chi connectivity index (χ1n) is 7.78. The molecule has 2 aliphatic rings. The van der Waals surface area contributed by atoms with Gasteiger partial charge in [-0.1, -0.05) is 0 Å². The Kier molecular flexibility index (Phi) is 5.08. The van der Waals surface area contributed by atoms with Crippen LogP contribution >= 0.6 is 0 Å². The molecule has 2 rings (SSSR count). The Balaban J connectivity index is 1.90. The molecular weight excluding hydrogens is 272 g/mol. The predicted octanol–water partition coefficient (Wildman–Crippen LogP) is 1.70. The second-order valence-corrected chi connectivity index (χ2v) is 6.68. The lowest BCUT2D eigenvalue weighted by Gasteiger charge is -2.39. The van der Waals surface area contributed by atoms with Crippen LogP contribution in [0.15, 0.2) is 0 Å². The van der Waals surface area contributed by atoms with Gasteiger partial charge in [0.25, 0.3) is 0 Å². The number of ether oxygens (including phenoxy) is 1. The largest absolute Gasteiger partial charge is 0.481 e. The first-order valence-corrected chi connectivity index (χ1v) is 7.78. The van der Waals surface area contributed by atoms with E-state index in [2.05, 4.69) is 5.32 Å². The van der Waals surface area contributed by atoms with E-state index in [1.54, 1.807) is 18.7 Å². The number of piperidine rings is 1. The number of carboxylic acids is 1. The van der Waals surface area contributed by atoms with Gasteiger partial charge in [0, 0.05) is 19.7 Å². The molecule has 0 aliphatic carbocycles. The maximum atomic E-state index is 12.3. The lowest BCUT2D eigenvalue weighted by atomic mass is 9.74. The molecule has 0 radical (unpaired) electrons. The highest BCUT2D eigenvalue weighted by molar-refractivity contribution is 5.76. The Morgan fingerprint density at radius 2 is 2.05 bits per heavy atom. The molecule has 2 N–H and O–H groups in total. The van der Waals surface area contributed by atoms with Crippen LogP contribution in [0.4, 0.5) is 4.79 Å². The fourth-order valence-corrected chi connectivity index (χ4v) is 3.05. The Morgan fingerprint density at radius 3 is 2.67 bits per heavy atom. The molecule has 2 heterocycles. The summed E-state index contributed by atoms with van der Waals surface area (Å²) >= 11 is 0. The van der Waals surface area contributed by atoms with E-state index < -0.39 is 11.4 Å². The monoisotopic (exact) mass is 298 g/mol. The molecule has 0 bridgehead atoms. The van der Waals surface area contributed by atoms with Gasteiger partial charge in [-0.15, -0.1) is 0 Å². The number of rotatable bonds is 3. The van der Waals surface area contributed by atoms with E-state index in [0.29, 0.717) is 19.7 Å². The van der Waals surface area contributed by atoms with Crippen LogP contribution in [0.2, 0.25) is 0 Å². The second kappa shape index (κ2) is 6.64. The molecule has 2 atom stereocenters. The molecule has 2 fully saturated rings. The molecule has 0 aromatic rings. The van der Waals surface area contributed by atoms with Crippen molar-refractivity contribution in [3.63, 3.8) is 0 Å². The van der Waals surface area contributed by atoms with E-state index in [1.807, 2.05) is 0 Å². The molecule has 6 nitrogen and oxygen atoms in total. The van der Waals surface area contributed by atoms with Crippen molar-refractivity contribution < 1.29 is 19.4 Å². The van der Waals surface area contributed by atoms with Gasteiger partial charge in [0.2, 0.25) is 0 Å². The zero-order valence-corrected chi connectivity index (χ0v) is 12.9. The van der Waals surface area contributed by atoms with Gasteiger partial charge in [0.05, 0.1) is 18.1 Å². The Bertz CT molecular complexity index is 391. The van der Waals surface area contributed by atoms with E-state index in [1.165, 1.54) is 0 Å². The summed E-state index contributed by atoms with van der Waals surface area (Å²) in [4.78, 5) is 25.5. The number of carbonyl (C=O) groups is 2. The summed E-state index contributed by atoms with van der Waals surface area (Å²) in [6.45, 7) is 6.05. The van der Waals surface area contributed by atoms with Crippen molar-refractivity contribution >= 4 is 12.0 Å². The van der Waals surface area contributed by atoms with E-state index in [0.717, 1.165) is 32.3 Å². The molecule has 2 saturated heterocycles. The van der Waals surface area contributed by atoms with Crippen molar-refractivity contribution in [2.75, 3.05) is 26.3 Å². The van der Waals surface area contributed by atoms with Crippen LogP contribution in [-0.4, -0.2) is 54.4 Å². The molecule has 0 aromatic carbocycles. The fraction of sp³-hybridized carbons (Fsp3) is 0.867. The lowest BCUT2D eigenvalue weighted by Crippen LogP contribution is -2.53. The van der Waals surface area contributed by atoms with Crippen molar-refractivity contribution in [3.8, 4) is 0 Å². The van der Waals surface area contributed by atoms with Gasteiger partial charge in [-0.25, -0.2) is 4.79 Å². The summed E-state index contributed by atoms with van der Waals surface area (Å²) in [5.74, 6) is -0.799. The third-order valence-electron chi connectivity index (χ3n) is 4.77. The highest BCUT2D eigenvalue weighted by Crippen LogP contribution is 2.34. The number of hydrogen-bond acceptors (Lipinski definition) is 3. The van der Waals surface area contributed by atoms with Gasteiger partial charge in [0.1, 0.15) is 0 Å². The molecule has 0 aromatic heterocycles. The fourth-order valence-electron chi connectivity index (χ4n) is 3.05. The minimum absolute atomic E-state index is 0.00268. The second-order valence-electron chi connectivity index (χ2n) is 6.68. The molecule has 120 valence electrons.